The number of aliphatic carboxylic acids is 1. The molecule has 0 radical (unpaired) electrons. The summed E-state index contributed by atoms with van der Waals surface area (Å²) in [5, 5.41) is 8.66. The summed E-state index contributed by atoms with van der Waals surface area (Å²) in [5.74, 6) is -1.79. The van der Waals surface area contributed by atoms with Crippen LogP contribution >= 0.6 is 0 Å². The fraction of sp³-hybridized carbons (Fsp3) is 0.875. The number of ether oxygens (including phenoxy) is 1. The molecule has 0 aromatic carbocycles. The molecule has 0 amide bonds. The third kappa shape index (κ3) is 10.0. The number of carbonyl (C=O) groups excluding carboxylic acids is 1. The predicted molar refractivity (Wildman–Crippen MR) is 87.6 cm³/mol. The number of carboxylic acid groups (broad SMARTS) is 1. The fourth-order valence-electron chi connectivity index (χ4n) is 2.06. The van der Waals surface area contributed by atoms with Crippen molar-refractivity contribution in [3.8, 4) is 0 Å². The first-order valence-corrected chi connectivity index (χ1v) is 7.56. The predicted octanol–water partition coefficient (Wildman–Crippen LogP) is 4.01. The van der Waals surface area contributed by atoms with Gasteiger partial charge in [-0.2, -0.15) is 0 Å². The van der Waals surface area contributed by atoms with Crippen LogP contribution in [0.2, 0.25) is 0 Å². The second kappa shape index (κ2) is 11.1. The van der Waals surface area contributed by atoms with Crippen molar-refractivity contribution in [1.82, 2.24) is 0 Å². The van der Waals surface area contributed by atoms with Crippen LogP contribution < -0.4 is 0 Å². The first-order chi connectivity index (χ1) is 9.12. The van der Waals surface area contributed by atoms with Crippen molar-refractivity contribution in [2.75, 3.05) is 0 Å². The van der Waals surface area contributed by atoms with E-state index in [1.807, 2.05) is 27.7 Å². The topological polar surface area (TPSA) is 63.6 Å². The Morgan fingerprint density at radius 2 is 1.57 bits per heavy atom. The first-order valence-electron chi connectivity index (χ1n) is 7.56. The van der Waals surface area contributed by atoms with Crippen LogP contribution in [-0.4, -0.2) is 71.5 Å². The number of esters is 1. The Balaban J connectivity index is -0.000000602. The van der Waals surface area contributed by atoms with Crippen LogP contribution in [0, 0.1) is 5.41 Å². The molecule has 1 unspecified atom stereocenters. The molecule has 1 atom stereocenters. The van der Waals surface area contributed by atoms with Crippen molar-refractivity contribution in [2.24, 2.45) is 5.41 Å². The molecule has 1 N–H and O–H groups in total. The molecule has 122 valence electrons. The second-order valence-electron chi connectivity index (χ2n) is 6.69. The Hall–Kier alpha value is 0.511. The van der Waals surface area contributed by atoms with Crippen LogP contribution in [0.5, 0.6) is 0 Å². The minimum Gasteiger partial charge on any atom is -1.00 e. The van der Waals surface area contributed by atoms with Gasteiger partial charge in [0, 0.05) is 5.41 Å². The van der Waals surface area contributed by atoms with Crippen molar-refractivity contribution < 1.29 is 22.3 Å². The SMILES string of the molecule is CCCCCCCC(C)(OC(=O)CC(=O)O)C(C)(C)C.[Ba+2].[H-].[H-]. The minimum absolute atomic E-state index is 0. The van der Waals surface area contributed by atoms with Crippen LogP contribution in [0.15, 0.2) is 0 Å². The largest absolute Gasteiger partial charge is 2.00 e. The van der Waals surface area contributed by atoms with Crippen LogP contribution in [0.1, 0.15) is 82.4 Å². The van der Waals surface area contributed by atoms with E-state index in [1.165, 1.54) is 19.3 Å². The summed E-state index contributed by atoms with van der Waals surface area (Å²) in [6.45, 7) is 10.1. The van der Waals surface area contributed by atoms with Gasteiger partial charge in [-0.15, -0.1) is 0 Å². The van der Waals surface area contributed by atoms with Gasteiger partial charge in [0.2, 0.25) is 0 Å². The number of rotatable bonds is 9. The molecule has 0 spiro atoms. The molecule has 21 heavy (non-hydrogen) atoms. The van der Waals surface area contributed by atoms with Gasteiger partial charge in [-0.05, 0) is 19.8 Å². The average molecular weight is 426 g/mol. The molecular weight excluding hydrogens is 394 g/mol. The molecule has 0 aliphatic rings. The summed E-state index contributed by atoms with van der Waals surface area (Å²) in [6.07, 6.45) is 5.94. The molecule has 0 bridgehead atoms. The number of unbranched alkanes of at least 4 members (excludes halogenated alkanes) is 4. The van der Waals surface area contributed by atoms with Crippen molar-refractivity contribution in [1.29, 1.82) is 0 Å². The molecule has 0 saturated heterocycles. The summed E-state index contributed by atoms with van der Waals surface area (Å²) in [7, 11) is 0. The zero-order valence-corrected chi connectivity index (χ0v) is 18.8. The Kier molecular flexibility index (Phi) is 12.6. The first kappa shape index (κ1) is 23.8. The standard InChI is InChI=1S/C16H30O4.Ba.2H/c1-6-7-8-9-10-11-16(5,15(2,3)4)20-14(19)12-13(17)18;;;/h6-12H2,1-5H3,(H,17,18);;;/q;+2;2*-1. The normalized spacial score (nSPS) is 14.0. The number of hydrogen-bond donors (Lipinski definition) is 1. The summed E-state index contributed by atoms with van der Waals surface area (Å²) < 4.78 is 5.50. The Morgan fingerprint density at radius 3 is 2.00 bits per heavy atom. The van der Waals surface area contributed by atoms with Gasteiger partial charge >= 0.3 is 60.8 Å². The van der Waals surface area contributed by atoms with E-state index >= 15 is 0 Å². The van der Waals surface area contributed by atoms with Gasteiger partial charge in [0.15, 0.2) is 0 Å². The second-order valence-corrected chi connectivity index (χ2v) is 6.69. The average Bonchev–Trinajstić information content (AvgIpc) is 2.25. The van der Waals surface area contributed by atoms with E-state index < -0.39 is 24.0 Å². The quantitative estimate of drug-likeness (QED) is 0.262. The summed E-state index contributed by atoms with van der Waals surface area (Å²) in [6, 6.07) is 0. The molecule has 0 fully saturated rings. The molecule has 0 aromatic rings. The molecule has 0 aliphatic heterocycles. The monoisotopic (exact) mass is 426 g/mol. The molecular formula is C16H32BaO4. The van der Waals surface area contributed by atoms with Crippen molar-refractivity contribution in [3.05, 3.63) is 0 Å². The van der Waals surface area contributed by atoms with Crippen molar-refractivity contribution in [3.63, 3.8) is 0 Å². The van der Waals surface area contributed by atoms with E-state index in [9.17, 15) is 9.59 Å². The molecule has 0 aliphatic carbocycles. The van der Waals surface area contributed by atoms with Gasteiger partial charge in [0.1, 0.15) is 12.0 Å². The molecule has 5 heteroatoms. The van der Waals surface area contributed by atoms with Gasteiger partial charge in [-0.25, -0.2) is 0 Å². The maximum atomic E-state index is 11.6. The number of carboxylic acids is 1. The smallest absolute Gasteiger partial charge is 1.00 e. The summed E-state index contributed by atoms with van der Waals surface area (Å²) in [5.41, 5.74) is -0.836. The third-order valence-corrected chi connectivity index (χ3v) is 3.98. The third-order valence-electron chi connectivity index (χ3n) is 3.98. The minimum atomic E-state index is -1.14. The van der Waals surface area contributed by atoms with Gasteiger partial charge < -0.3 is 12.7 Å². The van der Waals surface area contributed by atoms with E-state index in [0.717, 1.165) is 19.3 Å². The van der Waals surface area contributed by atoms with E-state index in [-0.39, 0.29) is 57.1 Å². The van der Waals surface area contributed by atoms with E-state index in [0.29, 0.717) is 0 Å². The van der Waals surface area contributed by atoms with Gasteiger partial charge in [-0.1, -0.05) is 53.4 Å². The molecule has 4 nitrogen and oxygen atoms in total. The maximum absolute atomic E-state index is 11.6. The van der Waals surface area contributed by atoms with Crippen molar-refractivity contribution in [2.45, 2.75) is 85.2 Å². The molecule has 0 aromatic heterocycles. The van der Waals surface area contributed by atoms with Crippen LogP contribution in [0.3, 0.4) is 0 Å². The van der Waals surface area contributed by atoms with Crippen LogP contribution in [0.4, 0.5) is 0 Å². The number of carbonyl (C=O) groups is 2. The molecule has 0 rings (SSSR count). The van der Waals surface area contributed by atoms with Crippen LogP contribution in [0.25, 0.3) is 0 Å². The maximum Gasteiger partial charge on any atom is 2.00 e. The summed E-state index contributed by atoms with van der Waals surface area (Å²) >= 11 is 0. The van der Waals surface area contributed by atoms with E-state index in [1.54, 1.807) is 0 Å². The molecule has 0 saturated carbocycles. The molecule has 0 heterocycles. The zero-order chi connectivity index (χ0) is 15.8. The van der Waals surface area contributed by atoms with Gasteiger partial charge in [0.25, 0.3) is 0 Å². The van der Waals surface area contributed by atoms with Gasteiger partial charge in [0.05, 0.1) is 0 Å². The summed E-state index contributed by atoms with van der Waals surface area (Å²) in [4.78, 5) is 22.2. The van der Waals surface area contributed by atoms with Crippen LogP contribution in [-0.2, 0) is 14.3 Å². The van der Waals surface area contributed by atoms with Gasteiger partial charge in [-0.3, -0.25) is 9.59 Å². The van der Waals surface area contributed by atoms with E-state index in [2.05, 4.69) is 6.92 Å². The Bertz CT molecular complexity index is 333. The van der Waals surface area contributed by atoms with E-state index in [4.69, 9.17) is 9.84 Å². The number of hydrogen-bond acceptors (Lipinski definition) is 3. The zero-order valence-electron chi connectivity index (χ0n) is 16.3. The fourth-order valence-corrected chi connectivity index (χ4v) is 2.06. The van der Waals surface area contributed by atoms with Crippen molar-refractivity contribution >= 4 is 60.8 Å². The Morgan fingerprint density at radius 1 is 1.05 bits per heavy atom. The Labute approximate surface area is 172 Å².